The minimum Gasteiger partial charge on any atom is -0.495 e. The Hall–Kier alpha value is -2.58. The number of benzene rings is 2. The number of anilines is 1. The van der Waals surface area contributed by atoms with E-state index in [1.807, 2.05) is 19.1 Å². The van der Waals surface area contributed by atoms with Gasteiger partial charge in [-0.3, -0.25) is 4.79 Å². The number of sulfonamides is 1. The molecular weight excluding hydrogens is 404 g/mol. The highest BCUT2D eigenvalue weighted by molar-refractivity contribution is 7.89. The molecule has 0 aliphatic carbocycles. The highest BCUT2D eigenvalue weighted by Crippen LogP contribution is 2.27. The number of ether oxygens (including phenoxy) is 2. The molecule has 1 aliphatic rings. The SMILES string of the molecule is COc1ccc(C)cc1NC(=O)COc1ccc(S(=O)(=O)N2CCCCC2)cc1C. The number of methoxy groups -OCH3 is 1. The number of carbonyl (C=O) groups is 1. The summed E-state index contributed by atoms with van der Waals surface area (Å²) in [5, 5.41) is 2.78. The van der Waals surface area contributed by atoms with E-state index >= 15 is 0 Å². The van der Waals surface area contributed by atoms with E-state index in [0.29, 0.717) is 35.8 Å². The summed E-state index contributed by atoms with van der Waals surface area (Å²) < 4.78 is 38.1. The molecule has 1 N–H and O–H groups in total. The number of hydrogen-bond donors (Lipinski definition) is 1. The van der Waals surface area contributed by atoms with Crippen LogP contribution < -0.4 is 14.8 Å². The van der Waals surface area contributed by atoms with E-state index in [2.05, 4.69) is 5.32 Å². The van der Waals surface area contributed by atoms with Crippen LogP contribution in [0.4, 0.5) is 5.69 Å². The molecule has 3 rings (SSSR count). The highest BCUT2D eigenvalue weighted by atomic mass is 32.2. The van der Waals surface area contributed by atoms with E-state index in [9.17, 15) is 13.2 Å². The van der Waals surface area contributed by atoms with E-state index in [4.69, 9.17) is 9.47 Å². The molecule has 7 nitrogen and oxygen atoms in total. The highest BCUT2D eigenvalue weighted by Gasteiger charge is 2.26. The predicted octanol–water partition coefficient (Wildman–Crippen LogP) is 3.50. The minimum atomic E-state index is -3.50. The number of rotatable bonds is 7. The van der Waals surface area contributed by atoms with Crippen LogP contribution in [0.15, 0.2) is 41.3 Å². The second-order valence-electron chi connectivity index (χ2n) is 7.43. The topological polar surface area (TPSA) is 84.9 Å². The lowest BCUT2D eigenvalue weighted by molar-refractivity contribution is -0.118. The quantitative estimate of drug-likeness (QED) is 0.724. The molecule has 0 unspecified atom stereocenters. The molecule has 0 bridgehead atoms. The zero-order chi connectivity index (χ0) is 21.7. The molecule has 0 atom stereocenters. The Morgan fingerprint density at radius 3 is 2.40 bits per heavy atom. The van der Waals surface area contributed by atoms with Crippen LogP contribution in [0.1, 0.15) is 30.4 Å². The van der Waals surface area contributed by atoms with Crippen molar-refractivity contribution in [1.82, 2.24) is 4.31 Å². The number of nitrogens with one attached hydrogen (secondary N) is 1. The third kappa shape index (κ3) is 5.12. The average Bonchev–Trinajstić information content (AvgIpc) is 2.73. The Balaban J connectivity index is 1.65. The fourth-order valence-electron chi connectivity index (χ4n) is 3.45. The summed E-state index contributed by atoms with van der Waals surface area (Å²) in [4.78, 5) is 12.6. The van der Waals surface area contributed by atoms with Gasteiger partial charge in [0, 0.05) is 13.1 Å². The average molecular weight is 433 g/mol. The van der Waals surface area contributed by atoms with Crippen molar-refractivity contribution in [2.75, 3.05) is 32.1 Å². The van der Waals surface area contributed by atoms with Crippen LogP contribution in [0.2, 0.25) is 0 Å². The summed E-state index contributed by atoms with van der Waals surface area (Å²) in [5.74, 6) is 0.708. The standard InChI is InChI=1S/C22H28N2O5S/c1-16-7-9-21(28-3)19(13-16)23-22(25)15-29-20-10-8-18(14-17(20)2)30(26,27)24-11-5-4-6-12-24/h7-10,13-14H,4-6,11-12,15H2,1-3H3,(H,23,25). The molecule has 1 aliphatic heterocycles. The van der Waals surface area contributed by atoms with Gasteiger partial charge in [-0.05, 0) is 68.1 Å². The number of carbonyl (C=O) groups excluding carboxylic acids is 1. The number of amides is 1. The minimum absolute atomic E-state index is 0.198. The molecule has 0 aromatic heterocycles. The van der Waals surface area contributed by atoms with E-state index in [-0.39, 0.29) is 17.4 Å². The molecule has 1 amide bonds. The largest absolute Gasteiger partial charge is 0.495 e. The number of piperidine rings is 1. The lowest BCUT2D eigenvalue weighted by Crippen LogP contribution is -2.35. The summed E-state index contributed by atoms with van der Waals surface area (Å²) in [6, 6.07) is 10.2. The molecule has 8 heteroatoms. The third-order valence-corrected chi connectivity index (χ3v) is 6.98. The van der Waals surface area contributed by atoms with Gasteiger partial charge < -0.3 is 14.8 Å². The van der Waals surface area contributed by atoms with E-state index in [1.165, 1.54) is 10.4 Å². The van der Waals surface area contributed by atoms with Gasteiger partial charge in [0.05, 0.1) is 17.7 Å². The summed E-state index contributed by atoms with van der Waals surface area (Å²) in [5.41, 5.74) is 2.23. The van der Waals surface area contributed by atoms with Crippen LogP contribution >= 0.6 is 0 Å². The summed E-state index contributed by atoms with van der Waals surface area (Å²) >= 11 is 0. The van der Waals surface area contributed by atoms with Gasteiger partial charge in [0.1, 0.15) is 11.5 Å². The first kappa shape index (κ1) is 22.1. The van der Waals surface area contributed by atoms with Crippen molar-refractivity contribution in [3.8, 4) is 11.5 Å². The predicted molar refractivity (Wildman–Crippen MR) is 116 cm³/mol. The molecule has 0 spiro atoms. The zero-order valence-electron chi connectivity index (χ0n) is 17.6. The molecule has 2 aromatic carbocycles. The summed E-state index contributed by atoms with van der Waals surface area (Å²) in [7, 11) is -1.96. The van der Waals surface area contributed by atoms with Gasteiger partial charge in [-0.15, -0.1) is 0 Å². The van der Waals surface area contributed by atoms with E-state index in [0.717, 1.165) is 24.8 Å². The van der Waals surface area contributed by atoms with Crippen LogP contribution in [0.5, 0.6) is 11.5 Å². The van der Waals surface area contributed by atoms with Crippen molar-refractivity contribution in [3.63, 3.8) is 0 Å². The molecule has 1 saturated heterocycles. The molecule has 0 saturated carbocycles. The molecular formula is C22H28N2O5S. The molecule has 162 valence electrons. The molecule has 2 aromatic rings. The van der Waals surface area contributed by atoms with Crippen LogP contribution in [0.25, 0.3) is 0 Å². The van der Waals surface area contributed by atoms with Crippen molar-refractivity contribution < 1.29 is 22.7 Å². The second kappa shape index (κ2) is 9.49. The Labute approximate surface area is 178 Å². The monoisotopic (exact) mass is 432 g/mol. The van der Waals surface area contributed by atoms with Crippen molar-refractivity contribution in [1.29, 1.82) is 0 Å². The Bertz CT molecular complexity index is 1010. The van der Waals surface area contributed by atoms with Gasteiger partial charge in [0.15, 0.2) is 6.61 Å². The Morgan fingerprint density at radius 2 is 1.73 bits per heavy atom. The number of aryl methyl sites for hydroxylation is 2. The Morgan fingerprint density at radius 1 is 1.03 bits per heavy atom. The van der Waals surface area contributed by atoms with Crippen LogP contribution in [0, 0.1) is 13.8 Å². The van der Waals surface area contributed by atoms with Gasteiger partial charge in [-0.2, -0.15) is 4.31 Å². The van der Waals surface area contributed by atoms with Crippen molar-refractivity contribution in [2.24, 2.45) is 0 Å². The van der Waals surface area contributed by atoms with Gasteiger partial charge >= 0.3 is 0 Å². The fraction of sp³-hybridized carbons (Fsp3) is 0.409. The van der Waals surface area contributed by atoms with Crippen LogP contribution in [-0.2, 0) is 14.8 Å². The summed E-state index contributed by atoms with van der Waals surface area (Å²) in [6.07, 6.45) is 2.84. The first-order valence-electron chi connectivity index (χ1n) is 9.99. The lowest BCUT2D eigenvalue weighted by Gasteiger charge is -2.26. The Kier molecular flexibility index (Phi) is 6.99. The molecule has 1 fully saturated rings. The van der Waals surface area contributed by atoms with Crippen LogP contribution in [-0.4, -0.2) is 45.4 Å². The lowest BCUT2D eigenvalue weighted by atomic mass is 10.2. The maximum atomic E-state index is 12.8. The van der Waals surface area contributed by atoms with Crippen LogP contribution in [0.3, 0.4) is 0 Å². The van der Waals surface area contributed by atoms with Gasteiger partial charge in [0.2, 0.25) is 10.0 Å². The van der Waals surface area contributed by atoms with Gasteiger partial charge in [-0.25, -0.2) is 8.42 Å². The van der Waals surface area contributed by atoms with Gasteiger partial charge in [-0.1, -0.05) is 12.5 Å². The smallest absolute Gasteiger partial charge is 0.262 e. The normalized spacial score (nSPS) is 14.9. The number of nitrogens with zero attached hydrogens (tertiary/aromatic N) is 1. The van der Waals surface area contributed by atoms with E-state index in [1.54, 1.807) is 32.2 Å². The number of hydrogen-bond acceptors (Lipinski definition) is 5. The zero-order valence-corrected chi connectivity index (χ0v) is 18.4. The first-order chi connectivity index (χ1) is 14.3. The third-order valence-electron chi connectivity index (χ3n) is 5.09. The fourth-order valence-corrected chi connectivity index (χ4v) is 5.05. The second-order valence-corrected chi connectivity index (χ2v) is 9.37. The molecule has 0 radical (unpaired) electrons. The van der Waals surface area contributed by atoms with Gasteiger partial charge in [0.25, 0.3) is 5.91 Å². The maximum Gasteiger partial charge on any atom is 0.262 e. The van der Waals surface area contributed by atoms with Crippen molar-refractivity contribution >= 4 is 21.6 Å². The van der Waals surface area contributed by atoms with Crippen molar-refractivity contribution in [2.45, 2.75) is 38.0 Å². The maximum absolute atomic E-state index is 12.8. The molecule has 30 heavy (non-hydrogen) atoms. The van der Waals surface area contributed by atoms with E-state index < -0.39 is 10.0 Å². The molecule has 1 heterocycles. The summed E-state index contributed by atoms with van der Waals surface area (Å²) in [6.45, 7) is 4.61. The first-order valence-corrected chi connectivity index (χ1v) is 11.4. The van der Waals surface area contributed by atoms with Crippen molar-refractivity contribution in [3.05, 3.63) is 47.5 Å².